The molecule has 0 amide bonds. The summed E-state index contributed by atoms with van der Waals surface area (Å²) >= 11 is 0. The van der Waals surface area contributed by atoms with E-state index in [9.17, 15) is 5.26 Å². The van der Waals surface area contributed by atoms with Crippen LogP contribution in [0.4, 0.5) is 0 Å². The molecule has 4 aromatic rings. The number of para-hydroxylation sites is 1. The maximum Gasteiger partial charge on any atom is 0.0998 e. The Hall–Kier alpha value is -3.42. The van der Waals surface area contributed by atoms with Crippen LogP contribution in [-0.2, 0) is 6.54 Å². The summed E-state index contributed by atoms with van der Waals surface area (Å²) in [4.78, 5) is 10.1. The first-order chi connectivity index (χ1) is 14.3. The van der Waals surface area contributed by atoms with Crippen LogP contribution in [0.25, 0.3) is 33.3 Å². The Bertz CT molecular complexity index is 1250. The van der Waals surface area contributed by atoms with E-state index in [0.717, 1.165) is 39.3 Å². The lowest BCUT2D eigenvalue weighted by atomic mass is 9.99. The van der Waals surface area contributed by atoms with Gasteiger partial charge in [0.15, 0.2) is 0 Å². The van der Waals surface area contributed by atoms with Gasteiger partial charge in [-0.05, 0) is 54.6 Å². The van der Waals surface area contributed by atoms with Gasteiger partial charge in [0, 0.05) is 41.5 Å². The number of H-pyrrole nitrogens is 1. The summed E-state index contributed by atoms with van der Waals surface area (Å²) < 4.78 is 0. The highest BCUT2D eigenvalue weighted by atomic mass is 15.1. The van der Waals surface area contributed by atoms with Gasteiger partial charge in [0.2, 0.25) is 0 Å². The molecule has 1 aliphatic rings. The summed E-state index contributed by atoms with van der Waals surface area (Å²) in [6.07, 6.45) is 10.2. The van der Waals surface area contributed by atoms with Crippen molar-refractivity contribution in [2.75, 3.05) is 13.1 Å². The first-order valence-electron chi connectivity index (χ1n) is 10.1. The molecule has 5 rings (SSSR count). The van der Waals surface area contributed by atoms with Crippen LogP contribution >= 0.6 is 0 Å². The van der Waals surface area contributed by atoms with E-state index >= 15 is 0 Å². The van der Waals surface area contributed by atoms with Crippen molar-refractivity contribution in [3.63, 3.8) is 0 Å². The van der Waals surface area contributed by atoms with Crippen molar-refractivity contribution >= 4 is 33.3 Å². The van der Waals surface area contributed by atoms with Crippen LogP contribution in [0.1, 0.15) is 29.5 Å². The zero-order valence-corrected chi connectivity index (χ0v) is 16.2. The van der Waals surface area contributed by atoms with Gasteiger partial charge in [0.25, 0.3) is 0 Å². The normalized spacial score (nSPS) is 15.2. The summed E-state index contributed by atoms with van der Waals surface area (Å²) in [7, 11) is 0. The molecule has 0 atom stereocenters. The van der Waals surface area contributed by atoms with Gasteiger partial charge in [-0.25, -0.2) is 0 Å². The second-order valence-electron chi connectivity index (χ2n) is 7.64. The van der Waals surface area contributed by atoms with Crippen LogP contribution in [0.3, 0.4) is 0 Å². The van der Waals surface area contributed by atoms with Crippen molar-refractivity contribution in [3.05, 3.63) is 77.7 Å². The third-order valence-corrected chi connectivity index (χ3v) is 5.82. The van der Waals surface area contributed by atoms with Crippen molar-refractivity contribution in [2.45, 2.75) is 19.4 Å². The number of nitriles is 1. The Kier molecular flexibility index (Phi) is 4.59. The van der Waals surface area contributed by atoms with Crippen molar-refractivity contribution < 1.29 is 0 Å². The molecule has 0 saturated carbocycles. The monoisotopic (exact) mass is 378 g/mol. The summed E-state index contributed by atoms with van der Waals surface area (Å²) in [6.45, 7) is 3.30. The molecule has 1 saturated heterocycles. The number of benzene rings is 2. The van der Waals surface area contributed by atoms with E-state index in [2.05, 4.69) is 39.1 Å². The molecule has 0 radical (unpaired) electrons. The van der Waals surface area contributed by atoms with Crippen molar-refractivity contribution in [1.29, 1.82) is 5.26 Å². The standard InChI is InChI=1S/C25H22N4/c26-14-21(13-18-5-3-6-19-15-27-10-9-22(18)19)24-16-28-25-20(7-4-8-23(24)25)17-29-11-1-2-12-29/h3-10,13,15-16,28H,1-2,11-12,17H2/b21-13+. The molecule has 1 N–H and O–H groups in total. The molecule has 3 heterocycles. The second kappa shape index (κ2) is 7.54. The van der Waals surface area contributed by atoms with E-state index in [0.29, 0.717) is 5.57 Å². The molecule has 1 aliphatic heterocycles. The molecular formula is C25H22N4. The van der Waals surface area contributed by atoms with Gasteiger partial charge in [-0.15, -0.1) is 0 Å². The molecule has 0 aliphatic carbocycles. The maximum atomic E-state index is 9.94. The van der Waals surface area contributed by atoms with Crippen LogP contribution in [0.5, 0.6) is 0 Å². The molecule has 29 heavy (non-hydrogen) atoms. The number of fused-ring (bicyclic) bond motifs is 2. The minimum absolute atomic E-state index is 0.666. The Balaban J connectivity index is 1.58. The number of aromatic amines is 1. The highest BCUT2D eigenvalue weighted by molar-refractivity contribution is 6.04. The lowest BCUT2D eigenvalue weighted by Gasteiger charge is -2.15. The Labute approximate surface area is 170 Å². The first-order valence-corrected chi connectivity index (χ1v) is 10.1. The smallest absolute Gasteiger partial charge is 0.0998 e. The lowest BCUT2D eigenvalue weighted by molar-refractivity contribution is 0.332. The molecule has 4 nitrogen and oxygen atoms in total. The molecular weight excluding hydrogens is 356 g/mol. The van der Waals surface area contributed by atoms with Gasteiger partial charge in [0.05, 0.1) is 17.2 Å². The molecule has 0 bridgehead atoms. The average molecular weight is 378 g/mol. The topological polar surface area (TPSA) is 55.7 Å². The quantitative estimate of drug-likeness (QED) is 0.485. The molecule has 2 aromatic carbocycles. The summed E-state index contributed by atoms with van der Waals surface area (Å²) in [5.41, 5.74) is 5.08. The Morgan fingerprint density at radius 2 is 1.97 bits per heavy atom. The molecule has 2 aromatic heterocycles. The SMILES string of the molecule is N#C/C(=C\c1cccc2cnccc12)c1c[nH]c2c(CN3CCCC3)cccc12. The van der Waals surface area contributed by atoms with Crippen LogP contribution in [0, 0.1) is 11.3 Å². The lowest BCUT2D eigenvalue weighted by Crippen LogP contribution is -2.18. The minimum atomic E-state index is 0.666. The van der Waals surface area contributed by atoms with E-state index in [1.807, 2.05) is 42.7 Å². The summed E-state index contributed by atoms with van der Waals surface area (Å²) in [5, 5.41) is 13.2. The van der Waals surface area contributed by atoms with Gasteiger partial charge in [-0.3, -0.25) is 9.88 Å². The number of nitrogens with one attached hydrogen (secondary N) is 1. The number of likely N-dealkylation sites (tertiary alicyclic amines) is 1. The third-order valence-electron chi connectivity index (χ3n) is 5.82. The van der Waals surface area contributed by atoms with E-state index in [1.165, 1.54) is 31.5 Å². The number of pyridine rings is 1. The Morgan fingerprint density at radius 1 is 1.10 bits per heavy atom. The van der Waals surface area contributed by atoms with Crippen molar-refractivity contribution in [3.8, 4) is 6.07 Å². The molecule has 0 spiro atoms. The van der Waals surface area contributed by atoms with Gasteiger partial charge < -0.3 is 4.98 Å². The zero-order chi connectivity index (χ0) is 19.6. The summed E-state index contributed by atoms with van der Waals surface area (Å²) in [6, 6.07) is 16.9. The van der Waals surface area contributed by atoms with E-state index < -0.39 is 0 Å². The second-order valence-corrected chi connectivity index (χ2v) is 7.64. The third kappa shape index (κ3) is 3.30. The van der Waals surface area contributed by atoms with E-state index in [1.54, 1.807) is 6.20 Å². The van der Waals surface area contributed by atoms with Gasteiger partial charge in [0.1, 0.15) is 0 Å². The van der Waals surface area contributed by atoms with Crippen molar-refractivity contribution in [1.82, 2.24) is 14.9 Å². The Morgan fingerprint density at radius 3 is 2.83 bits per heavy atom. The van der Waals surface area contributed by atoms with Crippen LogP contribution < -0.4 is 0 Å². The fourth-order valence-electron chi connectivity index (χ4n) is 4.35. The predicted octanol–water partition coefficient (Wildman–Crippen LogP) is 5.38. The minimum Gasteiger partial charge on any atom is -0.360 e. The first kappa shape index (κ1) is 17.7. The number of hydrogen-bond acceptors (Lipinski definition) is 3. The number of nitrogens with zero attached hydrogens (tertiary/aromatic N) is 3. The highest BCUT2D eigenvalue weighted by Crippen LogP contribution is 2.30. The summed E-state index contributed by atoms with van der Waals surface area (Å²) in [5.74, 6) is 0. The molecule has 1 fully saturated rings. The fraction of sp³-hybridized carbons (Fsp3) is 0.200. The van der Waals surface area contributed by atoms with Gasteiger partial charge >= 0.3 is 0 Å². The maximum absolute atomic E-state index is 9.94. The number of aromatic nitrogens is 2. The van der Waals surface area contributed by atoms with Gasteiger partial charge in [-0.1, -0.05) is 36.4 Å². The molecule has 142 valence electrons. The highest BCUT2D eigenvalue weighted by Gasteiger charge is 2.16. The van der Waals surface area contributed by atoms with Crippen LogP contribution in [0.15, 0.2) is 61.1 Å². The van der Waals surface area contributed by atoms with Crippen LogP contribution in [-0.4, -0.2) is 28.0 Å². The van der Waals surface area contributed by atoms with Crippen molar-refractivity contribution in [2.24, 2.45) is 0 Å². The number of allylic oxidation sites excluding steroid dienone is 1. The van der Waals surface area contributed by atoms with E-state index in [4.69, 9.17) is 0 Å². The van der Waals surface area contributed by atoms with Crippen LogP contribution in [0.2, 0.25) is 0 Å². The average Bonchev–Trinajstić information content (AvgIpc) is 3.43. The number of hydrogen-bond donors (Lipinski definition) is 1. The van der Waals surface area contributed by atoms with E-state index in [-0.39, 0.29) is 0 Å². The fourth-order valence-corrected chi connectivity index (χ4v) is 4.35. The zero-order valence-electron chi connectivity index (χ0n) is 16.2. The number of rotatable bonds is 4. The largest absolute Gasteiger partial charge is 0.360 e. The predicted molar refractivity (Wildman–Crippen MR) is 118 cm³/mol. The molecule has 4 heteroatoms. The molecule has 0 unspecified atom stereocenters. The van der Waals surface area contributed by atoms with Gasteiger partial charge in [-0.2, -0.15) is 5.26 Å².